The van der Waals surface area contributed by atoms with Crippen LogP contribution in [0.15, 0.2) is 42.5 Å². The summed E-state index contributed by atoms with van der Waals surface area (Å²) in [6.45, 7) is 4.63. The van der Waals surface area contributed by atoms with Gasteiger partial charge in [0.25, 0.3) is 0 Å². The SMILES string of the molecule is CCCCCCCCC(CCCCCC)Cc1ccc2c3c(sc2c1)-c1ccccc1C3. The summed E-state index contributed by atoms with van der Waals surface area (Å²) in [6, 6.07) is 16.4. The largest absolute Gasteiger partial charge is 0.135 e. The van der Waals surface area contributed by atoms with E-state index in [1.807, 2.05) is 11.3 Å². The van der Waals surface area contributed by atoms with Gasteiger partial charge in [-0.25, -0.2) is 0 Å². The molecule has 0 radical (unpaired) electrons. The van der Waals surface area contributed by atoms with E-state index in [1.54, 1.807) is 11.1 Å². The lowest BCUT2D eigenvalue weighted by molar-refractivity contribution is 0.402. The molecule has 1 heteroatoms. The van der Waals surface area contributed by atoms with E-state index < -0.39 is 0 Å². The number of fused-ring (bicyclic) bond motifs is 5. The average Bonchev–Trinajstić information content (AvgIpc) is 3.34. The minimum Gasteiger partial charge on any atom is -0.135 e. The van der Waals surface area contributed by atoms with Crippen LogP contribution in [0.2, 0.25) is 0 Å². The van der Waals surface area contributed by atoms with Gasteiger partial charge in [-0.2, -0.15) is 0 Å². The van der Waals surface area contributed by atoms with Gasteiger partial charge in [0.1, 0.15) is 0 Å². The Morgan fingerprint density at radius 1 is 0.781 bits per heavy atom. The zero-order valence-electron chi connectivity index (χ0n) is 20.4. The van der Waals surface area contributed by atoms with Crippen molar-refractivity contribution < 1.29 is 0 Å². The Hall–Kier alpha value is -1.60. The number of hydrogen-bond acceptors (Lipinski definition) is 1. The first-order valence-electron chi connectivity index (χ1n) is 13.4. The van der Waals surface area contributed by atoms with Gasteiger partial charge in [0, 0.05) is 16.0 Å². The molecule has 172 valence electrons. The topological polar surface area (TPSA) is 0 Å². The van der Waals surface area contributed by atoms with Crippen molar-refractivity contribution >= 4 is 21.4 Å². The second kappa shape index (κ2) is 12.0. The number of thiophene rings is 1. The van der Waals surface area contributed by atoms with Gasteiger partial charge in [-0.15, -0.1) is 11.3 Å². The highest BCUT2D eigenvalue weighted by Gasteiger charge is 2.23. The molecule has 1 aliphatic carbocycles. The van der Waals surface area contributed by atoms with Gasteiger partial charge >= 0.3 is 0 Å². The quantitative estimate of drug-likeness (QED) is 0.169. The van der Waals surface area contributed by atoms with Crippen LogP contribution in [0.5, 0.6) is 0 Å². The van der Waals surface area contributed by atoms with E-state index in [9.17, 15) is 0 Å². The highest BCUT2D eigenvalue weighted by molar-refractivity contribution is 7.22. The van der Waals surface area contributed by atoms with Crippen LogP contribution in [0, 0.1) is 5.92 Å². The zero-order valence-corrected chi connectivity index (χ0v) is 21.2. The maximum atomic E-state index is 2.53. The van der Waals surface area contributed by atoms with Crippen molar-refractivity contribution in [3.63, 3.8) is 0 Å². The summed E-state index contributed by atoms with van der Waals surface area (Å²) < 4.78 is 1.51. The Kier molecular flexibility index (Phi) is 8.85. The first-order chi connectivity index (χ1) is 15.8. The summed E-state index contributed by atoms with van der Waals surface area (Å²) in [4.78, 5) is 1.52. The van der Waals surface area contributed by atoms with Crippen molar-refractivity contribution in [2.45, 2.75) is 104 Å². The second-order valence-electron chi connectivity index (χ2n) is 10.1. The van der Waals surface area contributed by atoms with Gasteiger partial charge in [-0.3, -0.25) is 0 Å². The molecule has 3 aromatic rings. The molecule has 0 N–H and O–H groups in total. The fourth-order valence-corrected chi connectivity index (χ4v) is 6.90. The molecule has 0 saturated carbocycles. The molecule has 32 heavy (non-hydrogen) atoms. The normalized spacial score (nSPS) is 13.4. The Morgan fingerprint density at radius 3 is 2.25 bits per heavy atom. The smallest absolute Gasteiger partial charge is 0.0393 e. The molecule has 0 bridgehead atoms. The fraction of sp³-hybridized carbons (Fsp3) is 0.548. The third-order valence-electron chi connectivity index (χ3n) is 7.44. The second-order valence-corrected chi connectivity index (χ2v) is 11.1. The summed E-state index contributed by atoms with van der Waals surface area (Å²) in [5, 5.41) is 1.50. The van der Waals surface area contributed by atoms with Gasteiger partial charge in [-0.1, -0.05) is 127 Å². The van der Waals surface area contributed by atoms with E-state index in [1.165, 1.54) is 110 Å². The van der Waals surface area contributed by atoms with Crippen LogP contribution in [-0.4, -0.2) is 0 Å². The lowest BCUT2D eigenvalue weighted by atomic mass is 9.88. The average molecular weight is 447 g/mol. The number of benzene rings is 2. The van der Waals surface area contributed by atoms with E-state index in [-0.39, 0.29) is 0 Å². The summed E-state index contributed by atoms with van der Waals surface area (Å²) >= 11 is 2.02. The van der Waals surface area contributed by atoms with E-state index in [4.69, 9.17) is 0 Å². The molecule has 4 rings (SSSR count). The van der Waals surface area contributed by atoms with Crippen molar-refractivity contribution in [2.75, 3.05) is 0 Å². The predicted molar refractivity (Wildman–Crippen MR) is 144 cm³/mol. The Balaban J connectivity index is 1.41. The van der Waals surface area contributed by atoms with Crippen LogP contribution in [-0.2, 0) is 12.8 Å². The minimum absolute atomic E-state index is 0.864. The molecular weight excluding hydrogens is 404 g/mol. The van der Waals surface area contributed by atoms with Gasteiger partial charge in [0.2, 0.25) is 0 Å². The molecule has 1 aliphatic rings. The van der Waals surface area contributed by atoms with Crippen LogP contribution in [0.3, 0.4) is 0 Å². The Morgan fingerprint density at radius 2 is 1.47 bits per heavy atom. The summed E-state index contributed by atoms with van der Waals surface area (Å²) in [6.07, 6.45) is 19.3. The van der Waals surface area contributed by atoms with Crippen LogP contribution in [0.25, 0.3) is 20.5 Å². The summed E-state index contributed by atoms with van der Waals surface area (Å²) in [5.41, 5.74) is 6.12. The molecule has 0 saturated heterocycles. The lowest BCUT2D eigenvalue weighted by Crippen LogP contribution is -2.05. The summed E-state index contributed by atoms with van der Waals surface area (Å²) in [7, 11) is 0. The first-order valence-corrected chi connectivity index (χ1v) is 14.2. The van der Waals surface area contributed by atoms with Crippen molar-refractivity contribution in [2.24, 2.45) is 5.92 Å². The highest BCUT2D eigenvalue weighted by atomic mass is 32.1. The first kappa shape index (κ1) is 23.6. The maximum absolute atomic E-state index is 2.53. The monoisotopic (exact) mass is 446 g/mol. The van der Waals surface area contributed by atoms with Crippen molar-refractivity contribution in [3.8, 4) is 10.4 Å². The number of unbranched alkanes of at least 4 members (excludes halogenated alkanes) is 8. The van der Waals surface area contributed by atoms with Gasteiger partial charge in [-0.05, 0) is 46.0 Å². The van der Waals surface area contributed by atoms with Crippen molar-refractivity contribution in [3.05, 3.63) is 59.2 Å². The van der Waals surface area contributed by atoms with Crippen molar-refractivity contribution in [1.82, 2.24) is 0 Å². The Labute approximate surface area is 200 Å². The molecule has 1 atom stereocenters. The summed E-state index contributed by atoms with van der Waals surface area (Å²) in [5.74, 6) is 0.864. The fourth-order valence-electron chi connectivity index (χ4n) is 5.56. The lowest BCUT2D eigenvalue weighted by Gasteiger charge is -2.17. The molecule has 0 spiro atoms. The third kappa shape index (κ3) is 5.84. The minimum atomic E-state index is 0.864. The highest BCUT2D eigenvalue weighted by Crippen LogP contribution is 2.46. The molecule has 0 nitrogen and oxygen atoms in total. The zero-order chi connectivity index (χ0) is 22.2. The van der Waals surface area contributed by atoms with Crippen molar-refractivity contribution in [1.29, 1.82) is 0 Å². The van der Waals surface area contributed by atoms with Crippen LogP contribution >= 0.6 is 11.3 Å². The number of hydrogen-bond donors (Lipinski definition) is 0. The van der Waals surface area contributed by atoms with Crippen LogP contribution in [0.1, 0.15) is 108 Å². The predicted octanol–water partition coefficient (Wildman–Crippen LogP) is 10.4. The van der Waals surface area contributed by atoms with E-state index in [2.05, 4.69) is 56.3 Å². The molecular formula is C31H42S. The molecule has 1 unspecified atom stereocenters. The van der Waals surface area contributed by atoms with E-state index in [0.29, 0.717) is 0 Å². The Bertz CT molecular complexity index is 979. The number of rotatable bonds is 14. The van der Waals surface area contributed by atoms with E-state index >= 15 is 0 Å². The van der Waals surface area contributed by atoms with Gasteiger partial charge < -0.3 is 0 Å². The van der Waals surface area contributed by atoms with Gasteiger partial charge in [0.05, 0.1) is 0 Å². The van der Waals surface area contributed by atoms with E-state index in [0.717, 1.165) is 12.3 Å². The maximum Gasteiger partial charge on any atom is 0.0393 e. The molecule has 0 fully saturated rings. The van der Waals surface area contributed by atoms with Gasteiger partial charge in [0.15, 0.2) is 0 Å². The third-order valence-corrected chi connectivity index (χ3v) is 8.67. The molecule has 0 amide bonds. The molecule has 0 aliphatic heterocycles. The molecule has 2 aromatic carbocycles. The van der Waals surface area contributed by atoms with Crippen LogP contribution in [0.4, 0.5) is 0 Å². The molecule has 1 heterocycles. The standard InChI is InChI=1S/C31H42S/c1-3-5-7-9-10-12-16-24(15-11-8-6-4-2)21-25-19-20-28-29-23-26-17-13-14-18-27(26)31(29)32-30(28)22-25/h13-14,17-20,22,24H,3-12,15-16,21,23H2,1-2H3. The molecule has 1 aromatic heterocycles. The van der Waals surface area contributed by atoms with Crippen LogP contribution < -0.4 is 0 Å².